The summed E-state index contributed by atoms with van der Waals surface area (Å²) < 4.78 is 31.3. The maximum atomic E-state index is 12.5. The molecular weight excluding hydrogens is 510 g/mol. The molecule has 0 amide bonds. The largest absolute Gasteiger partial charge is 0.514 e. The van der Waals surface area contributed by atoms with Gasteiger partial charge in [0.15, 0.2) is 11.5 Å². The standard InChI is InChI=1S/C28H43NO10/c1-17(2)10-13-23(30)34-16-18(3)35-24(31)20(29)14-19-11-12-21(36-25(32)38-27(4,5)6)22(15-19)37-26(33)39-28(7,8)9/h11-12,15,17-18,20H,10,13-14,16,29H2,1-9H3/t18-,20-/m0/s1. The first-order valence-electron chi connectivity index (χ1n) is 12.9. The van der Waals surface area contributed by atoms with Crippen LogP contribution in [0.5, 0.6) is 11.5 Å². The average molecular weight is 554 g/mol. The number of nitrogens with two attached hydrogens (primary N) is 1. The summed E-state index contributed by atoms with van der Waals surface area (Å²) in [6.07, 6.45) is -1.70. The molecule has 0 heterocycles. The molecule has 0 aliphatic heterocycles. The minimum Gasteiger partial charge on any atom is -0.462 e. The van der Waals surface area contributed by atoms with E-state index in [1.807, 2.05) is 13.8 Å². The van der Waals surface area contributed by atoms with Crippen molar-refractivity contribution in [2.75, 3.05) is 6.61 Å². The van der Waals surface area contributed by atoms with Gasteiger partial charge < -0.3 is 34.2 Å². The van der Waals surface area contributed by atoms with Crippen molar-refractivity contribution in [2.24, 2.45) is 11.7 Å². The average Bonchev–Trinajstić information content (AvgIpc) is 2.75. The summed E-state index contributed by atoms with van der Waals surface area (Å²) in [6.45, 7) is 15.6. The molecule has 2 atom stereocenters. The molecule has 0 aromatic heterocycles. The van der Waals surface area contributed by atoms with Crippen LogP contribution in [0.1, 0.15) is 80.7 Å². The lowest BCUT2D eigenvalue weighted by atomic mass is 10.1. The Morgan fingerprint density at radius 2 is 1.38 bits per heavy atom. The molecule has 0 unspecified atom stereocenters. The maximum absolute atomic E-state index is 12.5. The third-order valence-electron chi connectivity index (χ3n) is 4.65. The van der Waals surface area contributed by atoms with Gasteiger partial charge >= 0.3 is 24.2 Å². The zero-order valence-corrected chi connectivity index (χ0v) is 24.5. The molecular formula is C28H43NO10. The van der Waals surface area contributed by atoms with Crippen LogP contribution < -0.4 is 15.2 Å². The second-order valence-corrected chi connectivity index (χ2v) is 11.6. The van der Waals surface area contributed by atoms with Crippen molar-refractivity contribution in [2.45, 2.75) is 105 Å². The zero-order valence-electron chi connectivity index (χ0n) is 24.5. The van der Waals surface area contributed by atoms with E-state index in [1.54, 1.807) is 54.5 Å². The van der Waals surface area contributed by atoms with Gasteiger partial charge in [0.1, 0.15) is 30.0 Å². The molecule has 0 radical (unpaired) electrons. The predicted molar refractivity (Wildman–Crippen MR) is 142 cm³/mol. The number of carbonyl (C=O) groups excluding carboxylic acids is 4. The summed E-state index contributed by atoms with van der Waals surface area (Å²) in [7, 11) is 0. The third kappa shape index (κ3) is 15.0. The van der Waals surface area contributed by atoms with Gasteiger partial charge in [0, 0.05) is 6.42 Å². The number of carbonyl (C=O) groups is 4. The van der Waals surface area contributed by atoms with E-state index in [2.05, 4.69) is 0 Å². The highest BCUT2D eigenvalue weighted by Gasteiger charge is 2.25. The fourth-order valence-corrected chi connectivity index (χ4v) is 2.91. The lowest BCUT2D eigenvalue weighted by molar-refractivity contribution is -0.159. The fourth-order valence-electron chi connectivity index (χ4n) is 2.91. The third-order valence-corrected chi connectivity index (χ3v) is 4.65. The molecule has 0 bridgehead atoms. The first-order chi connectivity index (χ1) is 17.8. The summed E-state index contributed by atoms with van der Waals surface area (Å²) in [5, 5.41) is 0. The van der Waals surface area contributed by atoms with Gasteiger partial charge in [0.25, 0.3) is 0 Å². The minimum absolute atomic E-state index is 0.0110. The highest BCUT2D eigenvalue weighted by molar-refractivity contribution is 5.76. The molecule has 0 saturated heterocycles. The van der Waals surface area contributed by atoms with Crippen molar-refractivity contribution in [3.05, 3.63) is 23.8 Å². The predicted octanol–water partition coefficient (Wildman–Crippen LogP) is 5.10. The van der Waals surface area contributed by atoms with E-state index < -0.39 is 41.6 Å². The molecule has 0 saturated carbocycles. The van der Waals surface area contributed by atoms with E-state index in [0.717, 1.165) is 0 Å². The molecule has 0 aliphatic carbocycles. The Hall–Kier alpha value is -3.34. The summed E-state index contributed by atoms with van der Waals surface area (Å²) in [4.78, 5) is 48.8. The Bertz CT molecular complexity index is 991. The number of hydrogen-bond acceptors (Lipinski definition) is 11. The summed E-state index contributed by atoms with van der Waals surface area (Å²) in [5.74, 6) is -0.914. The lowest BCUT2D eigenvalue weighted by Gasteiger charge is -2.21. The van der Waals surface area contributed by atoms with Gasteiger partial charge in [-0.15, -0.1) is 0 Å². The SMILES string of the molecule is CC(C)CCC(=O)OC[C@H](C)OC(=O)[C@@H](N)Cc1ccc(OC(=O)OC(C)(C)C)c(OC(=O)OC(C)(C)C)c1. The number of ether oxygens (including phenoxy) is 6. The number of hydrogen-bond donors (Lipinski definition) is 1. The second kappa shape index (κ2) is 14.7. The van der Waals surface area contributed by atoms with E-state index in [0.29, 0.717) is 24.3 Å². The Balaban J connectivity index is 2.89. The second-order valence-electron chi connectivity index (χ2n) is 11.6. The highest BCUT2D eigenvalue weighted by Crippen LogP contribution is 2.31. The molecule has 0 aliphatic rings. The molecule has 2 N–H and O–H groups in total. The van der Waals surface area contributed by atoms with E-state index >= 15 is 0 Å². The van der Waals surface area contributed by atoms with Crippen LogP contribution in [0.15, 0.2) is 18.2 Å². The molecule has 0 fully saturated rings. The van der Waals surface area contributed by atoms with E-state index in [1.165, 1.54) is 12.1 Å². The monoisotopic (exact) mass is 553 g/mol. The number of benzene rings is 1. The van der Waals surface area contributed by atoms with E-state index in [9.17, 15) is 19.2 Å². The fraction of sp³-hybridized carbons (Fsp3) is 0.643. The quantitative estimate of drug-likeness (QED) is 0.222. The van der Waals surface area contributed by atoms with Crippen molar-refractivity contribution in [1.82, 2.24) is 0 Å². The normalized spacial score (nSPS) is 13.2. The zero-order chi connectivity index (χ0) is 30.0. The van der Waals surface area contributed by atoms with Crippen molar-refractivity contribution in [1.29, 1.82) is 0 Å². The van der Waals surface area contributed by atoms with Crippen LogP contribution in [-0.4, -0.2) is 54.2 Å². The van der Waals surface area contributed by atoms with Gasteiger partial charge in [0.05, 0.1) is 0 Å². The van der Waals surface area contributed by atoms with Crippen LogP contribution in [0, 0.1) is 5.92 Å². The Kier molecular flexibility index (Phi) is 12.7. The molecule has 1 aromatic rings. The van der Waals surface area contributed by atoms with Gasteiger partial charge in [-0.3, -0.25) is 9.59 Å². The molecule has 39 heavy (non-hydrogen) atoms. The van der Waals surface area contributed by atoms with Crippen LogP contribution in [0.4, 0.5) is 9.59 Å². The topological polar surface area (TPSA) is 150 Å². The van der Waals surface area contributed by atoms with Crippen LogP contribution in [-0.2, 0) is 35.0 Å². The Morgan fingerprint density at radius 1 is 0.846 bits per heavy atom. The smallest absolute Gasteiger partial charge is 0.462 e. The number of esters is 2. The summed E-state index contributed by atoms with van der Waals surface area (Å²) in [6, 6.07) is 3.26. The van der Waals surface area contributed by atoms with Gasteiger partial charge in [0.2, 0.25) is 0 Å². The van der Waals surface area contributed by atoms with Crippen LogP contribution in [0.2, 0.25) is 0 Å². The Morgan fingerprint density at radius 3 is 1.90 bits per heavy atom. The molecule has 11 heteroatoms. The molecule has 1 rings (SSSR count). The first-order valence-corrected chi connectivity index (χ1v) is 12.9. The molecule has 0 spiro atoms. The highest BCUT2D eigenvalue weighted by atomic mass is 16.8. The van der Waals surface area contributed by atoms with Crippen molar-refractivity contribution >= 4 is 24.2 Å². The first kappa shape index (κ1) is 33.7. The van der Waals surface area contributed by atoms with Gasteiger partial charge in [-0.1, -0.05) is 19.9 Å². The minimum atomic E-state index is -1.07. The summed E-state index contributed by atoms with van der Waals surface area (Å²) >= 11 is 0. The Labute approximate surface area is 230 Å². The van der Waals surface area contributed by atoms with Crippen LogP contribution in [0.25, 0.3) is 0 Å². The van der Waals surface area contributed by atoms with Crippen LogP contribution >= 0.6 is 0 Å². The number of rotatable bonds is 11. The van der Waals surface area contributed by atoms with Crippen molar-refractivity contribution < 1.29 is 47.6 Å². The lowest BCUT2D eigenvalue weighted by Crippen LogP contribution is -2.37. The van der Waals surface area contributed by atoms with Gasteiger partial charge in [-0.2, -0.15) is 0 Å². The van der Waals surface area contributed by atoms with Gasteiger partial charge in [-0.05, 0) is 84.9 Å². The summed E-state index contributed by atoms with van der Waals surface area (Å²) in [5.41, 5.74) is 4.89. The van der Waals surface area contributed by atoms with E-state index in [4.69, 9.17) is 34.2 Å². The van der Waals surface area contributed by atoms with Crippen LogP contribution in [0.3, 0.4) is 0 Å². The van der Waals surface area contributed by atoms with Crippen molar-refractivity contribution in [3.63, 3.8) is 0 Å². The molecule has 11 nitrogen and oxygen atoms in total. The van der Waals surface area contributed by atoms with Crippen molar-refractivity contribution in [3.8, 4) is 11.5 Å². The maximum Gasteiger partial charge on any atom is 0.514 e. The van der Waals surface area contributed by atoms with Gasteiger partial charge in [-0.25, -0.2) is 9.59 Å². The molecule has 220 valence electrons. The van der Waals surface area contributed by atoms with E-state index in [-0.39, 0.29) is 30.5 Å². The molecule has 1 aromatic carbocycles.